The van der Waals surface area contributed by atoms with Crippen molar-refractivity contribution in [3.63, 3.8) is 0 Å². The van der Waals surface area contributed by atoms with E-state index in [4.69, 9.17) is 16.3 Å². The topological polar surface area (TPSA) is 82.3 Å². The van der Waals surface area contributed by atoms with Gasteiger partial charge in [-0.2, -0.15) is 0 Å². The molecule has 0 radical (unpaired) electrons. The van der Waals surface area contributed by atoms with E-state index in [-0.39, 0.29) is 10.8 Å². The molecule has 1 aromatic heterocycles. The number of hydrogen-bond donors (Lipinski definition) is 0. The number of esters is 1. The molecule has 0 fully saturated rings. The lowest BCUT2D eigenvalue weighted by Gasteiger charge is -2.05. The number of nitrogens with zero attached hydrogens (tertiary/aromatic N) is 2. The van der Waals surface area contributed by atoms with Gasteiger partial charge >= 0.3 is 5.97 Å². The predicted octanol–water partition coefficient (Wildman–Crippen LogP) is 6.44. The first kappa shape index (κ1) is 20.6. The maximum atomic E-state index is 12.5. The summed E-state index contributed by atoms with van der Waals surface area (Å²) < 4.78 is 5.46. The highest BCUT2D eigenvalue weighted by atomic mass is 35.5. The Balaban J connectivity index is 1.45. The van der Waals surface area contributed by atoms with E-state index in [0.717, 1.165) is 16.7 Å². The van der Waals surface area contributed by atoms with Gasteiger partial charge in [0.2, 0.25) is 0 Å². The standard InChI is InChI=1S/C26H15ClN2O4/c27-25-20(12-19-10-11-22(29(31)32)15-23(19)28-25)13-21-14-24(33-26(21)30)18-8-6-17(7-9-18)16-4-2-1-3-5-16/h1-15H/b21-13+. The Morgan fingerprint density at radius 1 is 0.909 bits per heavy atom. The number of hydrogen-bond acceptors (Lipinski definition) is 5. The van der Waals surface area contributed by atoms with Crippen molar-refractivity contribution in [1.29, 1.82) is 0 Å². The van der Waals surface area contributed by atoms with E-state index >= 15 is 0 Å². The van der Waals surface area contributed by atoms with Crippen LogP contribution in [0.1, 0.15) is 11.1 Å². The number of cyclic esters (lactones) is 1. The van der Waals surface area contributed by atoms with Gasteiger partial charge < -0.3 is 4.74 Å². The molecule has 0 amide bonds. The number of nitro benzene ring substituents is 1. The van der Waals surface area contributed by atoms with Crippen molar-refractivity contribution < 1.29 is 14.5 Å². The van der Waals surface area contributed by atoms with Crippen molar-refractivity contribution in [3.05, 3.63) is 117 Å². The van der Waals surface area contributed by atoms with Crippen molar-refractivity contribution in [2.45, 2.75) is 0 Å². The number of pyridine rings is 1. The van der Waals surface area contributed by atoms with Crippen LogP contribution in [0, 0.1) is 10.1 Å². The van der Waals surface area contributed by atoms with E-state index in [0.29, 0.717) is 27.8 Å². The van der Waals surface area contributed by atoms with Gasteiger partial charge in [-0.15, -0.1) is 0 Å². The maximum Gasteiger partial charge on any atom is 0.343 e. The molecular formula is C26H15ClN2O4. The average Bonchev–Trinajstić information content (AvgIpc) is 3.20. The van der Waals surface area contributed by atoms with Gasteiger partial charge in [0, 0.05) is 28.6 Å². The van der Waals surface area contributed by atoms with Gasteiger partial charge in [0.05, 0.1) is 16.0 Å². The lowest BCUT2D eigenvalue weighted by atomic mass is 10.0. The molecule has 2 heterocycles. The average molecular weight is 455 g/mol. The molecule has 33 heavy (non-hydrogen) atoms. The molecular weight excluding hydrogens is 440 g/mol. The summed E-state index contributed by atoms with van der Waals surface area (Å²) in [4.78, 5) is 27.2. The summed E-state index contributed by atoms with van der Waals surface area (Å²) in [6.45, 7) is 0. The van der Waals surface area contributed by atoms with E-state index in [2.05, 4.69) is 4.98 Å². The molecule has 0 N–H and O–H groups in total. The Bertz CT molecular complexity index is 1480. The first-order valence-electron chi connectivity index (χ1n) is 10.0. The molecule has 3 aromatic carbocycles. The first-order chi connectivity index (χ1) is 16.0. The van der Waals surface area contributed by atoms with Crippen molar-refractivity contribution in [2.75, 3.05) is 0 Å². The van der Waals surface area contributed by atoms with E-state index in [1.54, 1.807) is 24.3 Å². The Morgan fingerprint density at radius 3 is 2.33 bits per heavy atom. The summed E-state index contributed by atoms with van der Waals surface area (Å²) in [7, 11) is 0. The van der Waals surface area contributed by atoms with Crippen molar-refractivity contribution in [2.24, 2.45) is 0 Å². The molecule has 0 bridgehead atoms. The number of aromatic nitrogens is 1. The van der Waals surface area contributed by atoms with Gasteiger partial charge in [-0.05, 0) is 35.4 Å². The van der Waals surface area contributed by atoms with Crippen LogP contribution < -0.4 is 0 Å². The molecule has 160 valence electrons. The highest BCUT2D eigenvalue weighted by Gasteiger charge is 2.22. The molecule has 6 nitrogen and oxygen atoms in total. The highest BCUT2D eigenvalue weighted by Crippen LogP contribution is 2.31. The van der Waals surface area contributed by atoms with Crippen LogP contribution in [0.15, 0.2) is 90.5 Å². The SMILES string of the molecule is O=C1OC(c2ccc(-c3ccccc3)cc2)=C/C1=C\c1cc2ccc([N+](=O)[O-])cc2nc1Cl. The number of benzene rings is 3. The Morgan fingerprint density at radius 2 is 1.61 bits per heavy atom. The fourth-order valence-corrected chi connectivity index (χ4v) is 3.82. The molecule has 0 unspecified atom stereocenters. The van der Waals surface area contributed by atoms with Gasteiger partial charge in [0.25, 0.3) is 5.69 Å². The number of ether oxygens (including phenoxy) is 1. The smallest absolute Gasteiger partial charge is 0.343 e. The number of nitro groups is 1. The third-order valence-electron chi connectivity index (χ3n) is 5.31. The van der Waals surface area contributed by atoms with Crippen LogP contribution in [0.4, 0.5) is 5.69 Å². The maximum absolute atomic E-state index is 12.5. The summed E-state index contributed by atoms with van der Waals surface area (Å²) >= 11 is 6.29. The van der Waals surface area contributed by atoms with E-state index in [1.807, 2.05) is 54.6 Å². The van der Waals surface area contributed by atoms with Crippen LogP contribution in [-0.2, 0) is 9.53 Å². The van der Waals surface area contributed by atoms with Crippen LogP contribution in [0.2, 0.25) is 5.15 Å². The van der Waals surface area contributed by atoms with Gasteiger partial charge in [0.15, 0.2) is 0 Å². The molecule has 4 aromatic rings. The van der Waals surface area contributed by atoms with Crippen molar-refractivity contribution in [1.82, 2.24) is 4.98 Å². The molecule has 0 atom stereocenters. The third-order valence-corrected chi connectivity index (χ3v) is 5.61. The zero-order valence-electron chi connectivity index (χ0n) is 17.1. The van der Waals surface area contributed by atoms with Gasteiger partial charge in [-0.3, -0.25) is 10.1 Å². The summed E-state index contributed by atoms with van der Waals surface area (Å²) in [6, 6.07) is 23.8. The summed E-state index contributed by atoms with van der Waals surface area (Å²) in [6.07, 6.45) is 3.26. The summed E-state index contributed by atoms with van der Waals surface area (Å²) in [5.74, 6) is -0.0386. The minimum Gasteiger partial charge on any atom is -0.422 e. The van der Waals surface area contributed by atoms with Gasteiger partial charge in [-0.25, -0.2) is 9.78 Å². The Labute approximate surface area is 193 Å². The fourth-order valence-electron chi connectivity index (χ4n) is 3.62. The van der Waals surface area contributed by atoms with Crippen molar-refractivity contribution in [3.8, 4) is 11.1 Å². The lowest BCUT2D eigenvalue weighted by molar-refractivity contribution is -0.384. The molecule has 5 rings (SSSR count). The first-order valence-corrected chi connectivity index (χ1v) is 10.4. The highest BCUT2D eigenvalue weighted by molar-refractivity contribution is 6.31. The second kappa shape index (κ2) is 8.33. The molecule has 0 spiro atoms. The van der Waals surface area contributed by atoms with Crippen LogP contribution in [-0.4, -0.2) is 15.9 Å². The lowest BCUT2D eigenvalue weighted by Crippen LogP contribution is -1.97. The van der Waals surface area contributed by atoms with E-state index in [9.17, 15) is 14.9 Å². The second-order valence-corrected chi connectivity index (χ2v) is 7.80. The number of non-ortho nitro benzene ring substituents is 1. The number of rotatable bonds is 4. The van der Waals surface area contributed by atoms with Gasteiger partial charge in [-0.1, -0.05) is 66.2 Å². The van der Waals surface area contributed by atoms with Crippen LogP contribution in [0.5, 0.6) is 0 Å². The normalized spacial score (nSPS) is 14.4. The molecule has 0 aliphatic carbocycles. The fraction of sp³-hybridized carbons (Fsp3) is 0. The van der Waals surface area contributed by atoms with Crippen molar-refractivity contribution >= 4 is 46.0 Å². The molecule has 7 heteroatoms. The van der Waals surface area contributed by atoms with E-state index in [1.165, 1.54) is 12.1 Å². The largest absolute Gasteiger partial charge is 0.422 e. The Hall–Kier alpha value is -4.29. The minimum absolute atomic E-state index is 0.0672. The van der Waals surface area contributed by atoms with E-state index < -0.39 is 10.9 Å². The third kappa shape index (κ3) is 4.12. The summed E-state index contributed by atoms with van der Waals surface area (Å²) in [5, 5.41) is 11.8. The zero-order valence-corrected chi connectivity index (χ0v) is 17.8. The summed E-state index contributed by atoms with van der Waals surface area (Å²) in [5.41, 5.74) is 4.13. The number of halogens is 1. The zero-order chi connectivity index (χ0) is 22.9. The molecule has 0 saturated carbocycles. The Kier molecular flexibility index (Phi) is 5.20. The van der Waals surface area contributed by atoms with Crippen LogP contribution >= 0.6 is 11.6 Å². The predicted molar refractivity (Wildman–Crippen MR) is 127 cm³/mol. The second-order valence-electron chi connectivity index (χ2n) is 7.44. The minimum atomic E-state index is -0.489. The van der Waals surface area contributed by atoms with Crippen LogP contribution in [0.3, 0.4) is 0 Å². The number of carbonyl (C=O) groups is 1. The van der Waals surface area contributed by atoms with Crippen LogP contribution in [0.25, 0.3) is 33.9 Å². The number of fused-ring (bicyclic) bond motifs is 1. The van der Waals surface area contributed by atoms with Gasteiger partial charge in [0.1, 0.15) is 10.9 Å². The monoisotopic (exact) mass is 454 g/mol. The molecule has 1 aliphatic rings. The molecule has 0 saturated heterocycles. The number of carbonyl (C=O) groups excluding carboxylic acids is 1. The molecule has 1 aliphatic heterocycles. The quantitative estimate of drug-likeness (QED) is 0.116.